The first-order valence-corrected chi connectivity index (χ1v) is 10.9. The van der Waals surface area contributed by atoms with Crippen LogP contribution in [-0.2, 0) is 10.5 Å². The molecule has 3 aromatic rings. The summed E-state index contributed by atoms with van der Waals surface area (Å²) in [6, 6.07) is 25.5. The average molecular weight is 422 g/mol. The van der Waals surface area contributed by atoms with Gasteiger partial charge < -0.3 is 14.8 Å². The molecule has 156 valence electrons. The third-order valence-electron chi connectivity index (χ3n) is 4.90. The highest BCUT2D eigenvalue weighted by atomic mass is 32.2. The second-order valence-electron chi connectivity index (χ2n) is 6.93. The maximum atomic E-state index is 13.0. The topological polar surface area (TPSA) is 47.6 Å². The van der Waals surface area contributed by atoms with Crippen molar-refractivity contribution >= 4 is 17.7 Å². The summed E-state index contributed by atoms with van der Waals surface area (Å²) in [5.41, 5.74) is 3.20. The molecule has 0 spiro atoms. The SMILES string of the molecule is COc1ccc(C(NC(=O)C(C)SCc2ccccc2)c2ccc(OC)cc2)cc1. The lowest BCUT2D eigenvalue weighted by Crippen LogP contribution is -2.35. The number of rotatable bonds is 9. The molecular weight excluding hydrogens is 394 g/mol. The molecule has 0 saturated heterocycles. The van der Waals surface area contributed by atoms with E-state index in [2.05, 4.69) is 17.4 Å². The van der Waals surface area contributed by atoms with Gasteiger partial charge in [-0.25, -0.2) is 0 Å². The Morgan fingerprint density at radius 3 is 1.80 bits per heavy atom. The summed E-state index contributed by atoms with van der Waals surface area (Å²) in [6.45, 7) is 1.95. The monoisotopic (exact) mass is 421 g/mol. The fourth-order valence-corrected chi connectivity index (χ4v) is 3.94. The first-order chi connectivity index (χ1) is 14.6. The summed E-state index contributed by atoms with van der Waals surface area (Å²) in [6.07, 6.45) is 0. The second kappa shape index (κ2) is 10.7. The molecule has 1 amide bonds. The zero-order chi connectivity index (χ0) is 21.3. The summed E-state index contributed by atoms with van der Waals surface area (Å²) < 4.78 is 10.5. The van der Waals surface area contributed by atoms with Gasteiger partial charge >= 0.3 is 0 Å². The fourth-order valence-electron chi connectivity index (χ4n) is 3.08. The Hall–Kier alpha value is -2.92. The van der Waals surface area contributed by atoms with Crippen molar-refractivity contribution in [2.45, 2.75) is 24.0 Å². The second-order valence-corrected chi connectivity index (χ2v) is 8.26. The Kier molecular flexibility index (Phi) is 7.80. The highest BCUT2D eigenvalue weighted by molar-refractivity contribution is 7.99. The zero-order valence-electron chi connectivity index (χ0n) is 17.5. The van der Waals surface area contributed by atoms with Crippen molar-refractivity contribution in [3.8, 4) is 11.5 Å². The van der Waals surface area contributed by atoms with Crippen molar-refractivity contribution in [1.82, 2.24) is 5.32 Å². The van der Waals surface area contributed by atoms with Crippen LogP contribution in [0, 0.1) is 0 Å². The molecule has 0 heterocycles. The van der Waals surface area contributed by atoms with E-state index in [1.165, 1.54) is 5.56 Å². The Balaban J connectivity index is 1.75. The van der Waals surface area contributed by atoms with Crippen molar-refractivity contribution in [3.63, 3.8) is 0 Å². The normalized spacial score (nSPS) is 11.7. The summed E-state index contributed by atoms with van der Waals surface area (Å²) in [4.78, 5) is 13.0. The van der Waals surface area contributed by atoms with Gasteiger partial charge in [-0.2, -0.15) is 0 Å². The van der Waals surface area contributed by atoms with Crippen molar-refractivity contribution in [1.29, 1.82) is 0 Å². The van der Waals surface area contributed by atoms with Gasteiger partial charge in [0.15, 0.2) is 0 Å². The van der Waals surface area contributed by atoms with E-state index in [-0.39, 0.29) is 17.2 Å². The Morgan fingerprint density at radius 1 is 0.833 bits per heavy atom. The van der Waals surface area contributed by atoms with Crippen LogP contribution in [0.1, 0.15) is 29.7 Å². The number of methoxy groups -OCH3 is 2. The smallest absolute Gasteiger partial charge is 0.233 e. The largest absolute Gasteiger partial charge is 0.497 e. The first kappa shape index (κ1) is 21.8. The van der Waals surface area contributed by atoms with E-state index < -0.39 is 0 Å². The van der Waals surface area contributed by atoms with E-state index in [9.17, 15) is 4.79 Å². The van der Waals surface area contributed by atoms with E-state index in [1.54, 1.807) is 26.0 Å². The van der Waals surface area contributed by atoms with E-state index in [0.29, 0.717) is 0 Å². The number of amides is 1. The van der Waals surface area contributed by atoms with Gasteiger partial charge in [-0.1, -0.05) is 54.6 Å². The average Bonchev–Trinajstić information content (AvgIpc) is 2.81. The fraction of sp³-hybridized carbons (Fsp3) is 0.240. The number of nitrogens with one attached hydrogen (secondary N) is 1. The predicted molar refractivity (Wildman–Crippen MR) is 123 cm³/mol. The molecular formula is C25H27NO3S. The lowest BCUT2D eigenvalue weighted by Gasteiger charge is -2.22. The van der Waals surface area contributed by atoms with Crippen molar-refractivity contribution in [2.24, 2.45) is 0 Å². The Labute approximate surface area is 182 Å². The van der Waals surface area contributed by atoms with Crippen molar-refractivity contribution in [2.75, 3.05) is 14.2 Å². The van der Waals surface area contributed by atoms with Gasteiger partial charge in [0.05, 0.1) is 25.5 Å². The maximum Gasteiger partial charge on any atom is 0.233 e. The number of hydrogen-bond donors (Lipinski definition) is 1. The summed E-state index contributed by atoms with van der Waals surface area (Å²) in [7, 11) is 3.28. The van der Waals surface area contributed by atoms with Crippen molar-refractivity contribution in [3.05, 3.63) is 95.6 Å². The molecule has 3 aromatic carbocycles. The first-order valence-electron chi connectivity index (χ1n) is 9.84. The molecule has 0 bridgehead atoms. The minimum atomic E-state index is -0.255. The van der Waals surface area contributed by atoms with Crippen LogP contribution in [0.25, 0.3) is 0 Å². The molecule has 0 fully saturated rings. The number of carbonyl (C=O) groups is 1. The third-order valence-corrected chi connectivity index (χ3v) is 6.11. The van der Waals surface area contributed by atoms with Crippen LogP contribution in [0.5, 0.6) is 11.5 Å². The van der Waals surface area contributed by atoms with Gasteiger partial charge in [0.25, 0.3) is 0 Å². The van der Waals surface area contributed by atoms with Crippen LogP contribution in [0.3, 0.4) is 0 Å². The van der Waals surface area contributed by atoms with Crippen LogP contribution in [-0.4, -0.2) is 25.4 Å². The molecule has 30 heavy (non-hydrogen) atoms. The van der Waals surface area contributed by atoms with Gasteiger partial charge in [0.2, 0.25) is 5.91 Å². The van der Waals surface area contributed by atoms with E-state index in [4.69, 9.17) is 9.47 Å². The van der Waals surface area contributed by atoms with E-state index >= 15 is 0 Å². The number of ether oxygens (including phenoxy) is 2. The molecule has 0 saturated carbocycles. The van der Waals surface area contributed by atoms with Crippen LogP contribution in [0.15, 0.2) is 78.9 Å². The number of thioether (sulfide) groups is 1. The van der Waals surface area contributed by atoms with Crippen LogP contribution in [0.2, 0.25) is 0 Å². The van der Waals surface area contributed by atoms with E-state index in [0.717, 1.165) is 28.4 Å². The minimum Gasteiger partial charge on any atom is -0.497 e. The highest BCUT2D eigenvalue weighted by Gasteiger charge is 2.21. The lowest BCUT2D eigenvalue weighted by atomic mass is 9.98. The molecule has 0 aliphatic carbocycles. The number of benzene rings is 3. The summed E-state index contributed by atoms with van der Waals surface area (Å²) >= 11 is 1.63. The van der Waals surface area contributed by atoms with Crippen LogP contribution >= 0.6 is 11.8 Å². The standard InChI is InChI=1S/C25H27NO3S/c1-18(30-17-19-7-5-4-6-8-19)25(27)26-24(20-9-13-22(28-2)14-10-20)21-11-15-23(29-3)16-12-21/h4-16,18,24H,17H2,1-3H3,(H,26,27). The zero-order valence-corrected chi connectivity index (χ0v) is 18.3. The number of hydrogen-bond acceptors (Lipinski definition) is 4. The van der Waals surface area contributed by atoms with E-state index in [1.807, 2.05) is 73.7 Å². The van der Waals surface area contributed by atoms with Gasteiger partial charge in [-0.05, 0) is 47.9 Å². The summed E-state index contributed by atoms with van der Waals surface area (Å²) in [5, 5.41) is 3.04. The molecule has 0 aliphatic heterocycles. The van der Waals surface area contributed by atoms with Gasteiger partial charge in [-0.3, -0.25) is 4.79 Å². The quantitative estimate of drug-likeness (QED) is 0.514. The Morgan fingerprint density at radius 2 is 1.33 bits per heavy atom. The van der Waals surface area contributed by atoms with Gasteiger partial charge in [0, 0.05) is 5.75 Å². The third kappa shape index (κ3) is 5.80. The van der Waals surface area contributed by atoms with Gasteiger partial charge in [0.1, 0.15) is 11.5 Å². The van der Waals surface area contributed by atoms with Gasteiger partial charge in [-0.15, -0.1) is 11.8 Å². The molecule has 3 rings (SSSR count). The molecule has 5 heteroatoms. The molecule has 0 radical (unpaired) electrons. The molecule has 4 nitrogen and oxygen atoms in total. The number of carbonyl (C=O) groups excluding carboxylic acids is 1. The molecule has 1 unspecified atom stereocenters. The lowest BCUT2D eigenvalue weighted by molar-refractivity contribution is -0.120. The minimum absolute atomic E-state index is 0.00701. The van der Waals surface area contributed by atoms with Crippen molar-refractivity contribution < 1.29 is 14.3 Å². The molecule has 1 N–H and O–H groups in total. The molecule has 1 atom stereocenters. The molecule has 0 aliphatic rings. The summed E-state index contributed by atoms with van der Waals surface area (Å²) in [5.74, 6) is 2.37. The molecule has 0 aromatic heterocycles. The van der Waals surface area contributed by atoms with Crippen LogP contribution < -0.4 is 14.8 Å². The predicted octanol–water partition coefficient (Wildman–Crippen LogP) is 5.23. The Bertz CT molecular complexity index is 879. The maximum absolute atomic E-state index is 13.0. The van der Waals surface area contributed by atoms with Crippen LogP contribution in [0.4, 0.5) is 0 Å². The highest BCUT2D eigenvalue weighted by Crippen LogP contribution is 2.27.